The van der Waals surface area contributed by atoms with Gasteiger partial charge in [0.05, 0.1) is 0 Å². The van der Waals surface area contributed by atoms with Crippen molar-refractivity contribution in [2.45, 2.75) is 18.9 Å². The Morgan fingerprint density at radius 3 is 2.86 bits per heavy atom. The summed E-state index contributed by atoms with van der Waals surface area (Å²) in [6, 6.07) is 0.835. The zero-order chi connectivity index (χ0) is 9.97. The highest BCUT2D eigenvalue weighted by atomic mass is 15.2. The molecule has 0 bridgehead atoms. The second-order valence-corrected chi connectivity index (χ2v) is 5.06. The maximum atomic E-state index is 3.45. The lowest BCUT2D eigenvalue weighted by Gasteiger charge is -2.23. The Morgan fingerprint density at radius 1 is 1.36 bits per heavy atom. The Labute approximate surface area is 87.4 Å². The van der Waals surface area contributed by atoms with E-state index in [9.17, 15) is 0 Å². The molecule has 0 aromatic rings. The summed E-state index contributed by atoms with van der Waals surface area (Å²) in [6.45, 7) is 6.35. The summed E-state index contributed by atoms with van der Waals surface area (Å²) in [4.78, 5) is 5.01. The average molecular weight is 197 g/mol. The van der Waals surface area contributed by atoms with Crippen LogP contribution < -0.4 is 5.32 Å². The van der Waals surface area contributed by atoms with E-state index in [0.717, 1.165) is 12.0 Å². The smallest absolute Gasteiger partial charge is 0.0232 e. The average Bonchev–Trinajstić information content (AvgIpc) is 2.69. The van der Waals surface area contributed by atoms with Crippen molar-refractivity contribution < 1.29 is 0 Å². The van der Waals surface area contributed by atoms with Crippen LogP contribution in [0.5, 0.6) is 0 Å². The van der Waals surface area contributed by atoms with Gasteiger partial charge in [0, 0.05) is 25.7 Å². The van der Waals surface area contributed by atoms with Gasteiger partial charge in [0.2, 0.25) is 0 Å². The van der Waals surface area contributed by atoms with E-state index in [0.29, 0.717) is 0 Å². The van der Waals surface area contributed by atoms with Gasteiger partial charge >= 0.3 is 0 Å². The SMILES string of the molecule is CN(C)CC1CCN(C2CCNC2)C1. The zero-order valence-electron chi connectivity index (χ0n) is 9.50. The molecule has 2 atom stereocenters. The molecule has 3 nitrogen and oxygen atoms in total. The first-order valence-electron chi connectivity index (χ1n) is 5.85. The molecule has 2 aliphatic rings. The minimum Gasteiger partial charge on any atom is -0.315 e. The van der Waals surface area contributed by atoms with Crippen LogP contribution in [0.4, 0.5) is 0 Å². The number of hydrogen-bond acceptors (Lipinski definition) is 3. The maximum Gasteiger partial charge on any atom is 0.0232 e. The van der Waals surface area contributed by atoms with Gasteiger partial charge in [0.15, 0.2) is 0 Å². The summed E-state index contributed by atoms with van der Waals surface area (Å²) >= 11 is 0. The van der Waals surface area contributed by atoms with Crippen LogP contribution in [0.25, 0.3) is 0 Å². The first kappa shape index (κ1) is 10.4. The van der Waals surface area contributed by atoms with Crippen LogP contribution >= 0.6 is 0 Å². The third-order valence-corrected chi connectivity index (χ3v) is 3.49. The minimum absolute atomic E-state index is 0.835. The summed E-state index contributed by atoms with van der Waals surface area (Å²) in [5, 5.41) is 3.45. The minimum atomic E-state index is 0.835. The molecular formula is C11H23N3. The molecule has 0 saturated carbocycles. The van der Waals surface area contributed by atoms with Gasteiger partial charge in [0.25, 0.3) is 0 Å². The highest BCUT2D eigenvalue weighted by Crippen LogP contribution is 2.21. The van der Waals surface area contributed by atoms with Gasteiger partial charge in [-0.1, -0.05) is 0 Å². The van der Waals surface area contributed by atoms with E-state index in [2.05, 4.69) is 29.2 Å². The Hall–Kier alpha value is -0.120. The van der Waals surface area contributed by atoms with Gasteiger partial charge in [0.1, 0.15) is 0 Å². The van der Waals surface area contributed by atoms with Gasteiger partial charge < -0.3 is 10.2 Å². The van der Waals surface area contributed by atoms with Crippen LogP contribution in [0.3, 0.4) is 0 Å². The fourth-order valence-electron chi connectivity index (χ4n) is 2.81. The molecule has 0 aromatic heterocycles. The molecule has 82 valence electrons. The van der Waals surface area contributed by atoms with Crippen LogP contribution in [-0.2, 0) is 0 Å². The van der Waals surface area contributed by atoms with E-state index >= 15 is 0 Å². The molecule has 0 aromatic carbocycles. The molecule has 2 unspecified atom stereocenters. The Balaban J connectivity index is 1.76. The number of likely N-dealkylation sites (tertiary alicyclic amines) is 1. The van der Waals surface area contributed by atoms with Crippen LogP contribution in [0.2, 0.25) is 0 Å². The van der Waals surface area contributed by atoms with Gasteiger partial charge in [-0.05, 0) is 45.9 Å². The molecule has 2 rings (SSSR count). The predicted octanol–water partition coefficient (Wildman–Crippen LogP) is 0.232. The molecule has 2 fully saturated rings. The molecule has 2 heterocycles. The Bertz CT molecular complexity index is 175. The van der Waals surface area contributed by atoms with Crippen LogP contribution in [0.15, 0.2) is 0 Å². The number of nitrogens with one attached hydrogen (secondary N) is 1. The molecule has 2 saturated heterocycles. The van der Waals surface area contributed by atoms with Crippen molar-refractivity contribution in [3.05, 3.63) is 0 Å². The van der Waals surface area contributed by atoms with E-state index in [1.54, 1.807) is 0 Å². The van der Waals surface area contributed by atoms with Crippen molar-refractivity contribution >= 4 is 0 Å². The first-order chi connectivity index (χ1) is 6.75. The molecule has 1 N–H and O–H groups in total. The quantitative estimate of drug-likeness (QED) is 0.699. The Kier molecular flexibility index (Phi) is 3.42. The molecule has 3 heteroatoms. The maximum absolute atomic E-state index is 3.45. The summed E-state index contributed by atoms with van der Waals surface area (Å²) in [6.07, 6.45) is 2.75. The van der Waals surface area contributed by atoms with Crippen molar-refractivity contribution in [3.8, 4) is 0 Å². The standard InChI is InChI=1S/C11H23N3/c1-13(2)8-10-4-6-14(9-10)11-3-5-12-7-11/h10-12H,3-9H2,1-2H3. The zero-order valence-corrected chi connectivity index (χ0v) is 9.50. The normalized spacial score (nSPS) is 34.5. The molecule has 0 amide bonds. The molecular weight excluding hydrogens is 174 g/mol. The highest BCUT2D eigenvalue weighted by molar-refractivity contribution is 4.86. The second-order valence-electron chi connectivity index (χ2n) is 5.06. The van der Waals surface area contributed by atoms with Crippen LogP contribution in [0, 0.1) is 5.92 Å². The Morgan fingerprint density at radius 2 is 2.21 bits per heavy atom. The van der Waals surface area contributed by atoms with E-state index in [1.165, 1.54) is 45.6 Å². The predicted molar refractivity (Wildman–Crippen MR) is 59.5 cm³/mol. The van der Waals surface area contributed by atoms with Crippen molar-refractivity contribution in [1.29, 1.82) is 0 Å². The van der Waals surface area contributed by atoms with Gasteiger partial charge in [-0.15, -0.1) is 0 Å². The fraction of sp³-hybridized carbons (Fsp3) is 1.00. The second kappa shape index (κ2) is 4.60. The molecule has 0 aliphatic carbocycles. The lowest BCUT2D eigenvalue weighted by Crippen LogP contribution is -2.35. The van der Waals surface area contributed by atoms with E-state index in [-0.39, 0.29) is 0 Å². The lowest BCUT2D eigenvalue weighted by molar-refractivity contribution is 0.237. The van der Waals surface area contributed by atoms with Crippen LogP contribution in [-0.4, -0.2) is 62.7 Å². The third-order valence-electron chi connectivity index (χ3n) is 3.49. The van der Waals surface area contributed by atoms with Gasteiger partial charge in [-0.3, -0.25) is 4.90 Å². The number of rotatable bonds is 3. The summed E-state index contributed by atoms with van der Waals surface area (Å²) in [5.41, 5.74) is 0. The van der Waals surface area contributed by atoms with Crippen LogP contribution in [0.1, 0.15) is 12.8 Å². The molecule has 14 heavy (non-hydrogen) atoms. The summed E-state index contributed by atoms with van der Waals surface area (Å²) < 4.78 is 0. The molecule has 0 spiro atoms. The largest absolute Gasteiger partial charge is 0.315 e. The van der Waals surface area contributed by atoms with Gasteiger partial charge in [-0.25, -0.2) is 0 Å². The lowest BCUT2D eigenvalue weighted by atomic mass is 10.1. The first-order valence-corrected chi connectivity index (χ1v) is 5.85. The highest BCUT2D eigenvalue weighted by Gasteiger charge is 2.29. The fourth-order valence-corrected chi connectivity index (χ4v) is 2.81. The molecule has 0 radical (unpaired) electrons. The van der Waals surface area contributed by atoms with E-state index in [4.69, 9.17) is 0 Å². The van der Waals surface area contributed by atoms with Crippen molar-refractivity contribution in [1.82, 2.24) is 15.1 Å². The monoisotopic (exact) mass is 197 g/mol. The summed E-state index contributed by atoms with van der Waals surface area (Å²) in [7, 11) is 4.36. The topological polar surface area (TPSA) is 18.5 Å². The third kappa shape index (κ3) is 2.47. The van der Waals surface area contributed by atoms with Crippen molar-refractivity contribution in [3.63, 3.8) is 0 Å². The molecule has 2 aliphatic heterocycles. The van der Waals surface area contributed by atoms with Crippen molar-refractivity contribution in [2.24, 2.45) is 5.92 Å². The number of nitrogens with zero attached hydrogens (tertiary/aromatic N) is 2. The van der Waals surface area contributed by atoms with Crippen molar-refractivity contribution in [2.75, 3.05) is 46.8 Å². The number of hydrogen-bond donors (Lipinski definition) is 1. The van der Waals surface area contributed by atoms with E-state index < -0.39 is 0 Å². The van der Waals surface area contributed by atoms with E-state index in [1.807, 2.05) is 0 Å². The van der Waals surface area contributed by atoms with Gasteiger partial charge in [-0.2, -0.15) is 0 Å². The summed E-state index contributed by atoms with van der Waals surface area (Å²) in [5.74, 6) is 0.908.